The zero-order valence-corrected chi connectivity index (χ0v) is 9.33. The van der Waals surface area contributed by atoms with Gasteiger partial charge in [0.05, 0.1) is 6.61 Å². The summed E-state index contributed by atoms with van der Waals surface area (Å²) in [7, 11) is 1.46. The number of hydrogen-bond donors (Lipinski definition) is 2. The van der Waals surface area contributed by atoms with Gasteiger partial charge < -0.3 is 20.5 Å². The summed E-state index contributed by atoms with van der Waals surface area (Å²) in [5.74, 6) is -0.758. The van der Waals surface area contributed by atoms with E-state index >= 15 is 0 Å². The first kappa shape index (κ1) is 13.9. The number of hydrogen-bond acceptors (Lipinski definition) is 4. The largest absolute Gasteiger partial charge is 0.370 e. The van der Waals surface area contributed by atoms with Crippen molar-refractivity contribution in [3.05, 3.63) is 0 Å². The second-order valence-electron chi connectivity index (χ2n) is 3.49. The molecule has 15 heavy (non-hydrogen) atoms. The summed E-state index contributed by atoms with van der Waals surface area (Å²) in [6.45, 7) is 3.75. The molecule has 0 atom stereocenters. The Hall–Kier alpha value is -1.14. The van der Waals surface area contributed by atoms with E-state index in [0.29, 0.717) is 6.54 Å². The number of primary amides is 1. The number of rotatable bonds is 7. The smallest absolute Gasteiger partial charge is 0.251 e. The van der Waals surface area contributed by atoms with Crippen LogP contribution in [0.1, 0.15) is 13.8 Å². The van der Waals surface area contributed by atoms with Gasteiger partial charge in [-0.2, -0.15) is 0 Å². The van der Waals surface area contributed by atoms with Crippen molar-refractivity contribution in [3.8, 4) is 0 Å². The molecule has 0 saturated carbocycles. The Kier molecular flexibility index (Phi) is 5.88. The van der Waals surface area contributed by atoms with Gasteiger partial charge in [-0.3, -0.25) is 9.59 Å². The standard InChI is InChI=1S/C9H18N2O4/c1-9(2,14-3)8(13)11-4-5-15-6-7(10)12/h4-6H2,1-3H3,(H2,10,12)(H,11,13). The van der Waals surface area contributed by atoms with E-state index in [9.17, 15) is 9.59 Å². The van der Waals surface area contributed by atoms with E-state index in [0.717, 1.165) is 0 Å². The van der Waals surface area contributed by atoms with Crippen LogP contribution in [0.3, 0.4) is 0 Å². The normalized spacial score (nSPS) is 11.1. The Labute approximate surface area is 89.1 Å². The van der Waals surface area contributed by atoms with Crippen molar-refractivity contribution < 1.29 is 19.1 Å². The lowest BCUT2D eigenvalue weighted by Crippen LogP contribution is -2.44. The summed E-state index contributed by atoms with van der Waals surface area (Å²) in [5, 5.41) is 2.61. The summed E-state index contributed by atoms with van der Waals surface area (Å²) < 4.78 is 9.83. The minimum atomic E-state index is -0.857. The molecule has 6 nitrogen and oxygen atoms in total. The van der Waals surface area contributed by atoms with E-state index in [-0.39, 0.29) is 19.1 Å². The van der Waals surface area contributed by atoms with Crippen LogP contribution < -0.4 is 11.1 Å². The molecule has 0 radical (unpaired) electrons. The average molecular weight is 218 g/mol. The molecule has 0 aromatic rings. The number of ether oxygens (including phenoxy) is 2. The van der Waals surface area contributed by atoms with Crippen LogP contribution in [0.15, 0.2) is 0 Å². The van der Waals surface area contributed by atoms with Gasteiger partial charge in [0.25, 0.3) is 5.91 Å². The lowest BCUT2D eigenvalue weighted by atomic mass is 10.1. The zero-order valence-electron chi connectivity index (χ0n) is 9.33. The topological polar surface area (TPSA) is 90.7 Å². The molecule has 0 aromatic carbocycles. The highest BCUT2D eigenvalue weighted by Crippen LogP contribution is 2.06. The number of carbonyl (C=O) groups excluding carboxylic acids is 2. The lowest BCUT2D eigenvalue weighted by Gasteiger charge is -2.21. The molecule has 0 saturated heterocycles. The van der Waals surface area contributed by atoms with Gasteiger partial charge in [-0.15, -0.1) is 0 Å². The van der Waals surface area contributed by atoms with Crippen LogP contribution in [0.25, 0.3) is 0 Å². The Morgan fingerprint density at radius 3 is 2.47 bits per heavy atom. The van der Waals surface area contributed by atoms with Gasteiger partial charge >= 0.3 is 0 Å². The minimum absolute atomic E-state index is 0.135. The fourth-order valence-electron chi connectivity index (χ4n) is 0.715. The highest BCUT2D eigenvalue weighted by molar-refractivity contribution is 5.84. The zero-order chi connectivity index (χ0) is 11.9. The fourth-order valence-corrected chi connectivity index (χ4v) is 0.715. The third kappa shape index (κ3) is 6.03. The molecule has 0 aliphatic rings. The first-order valence-corrected chi connectivity index (χ1v) is 4.59. The van der Waals surface area contributed by atoms with Crippen LogP contribution in [0.5, 0.6) is 0 Å². The van der Waals surface area contributed by atoms with Crippen molar-refractivity contribution in [1.29, 1.82) is 0 Å². The molecule has 0 heterocycles. The van der Waals surface area contributed by atoms with Crippen molar-refractivity contribution in [3.63, 3.8) is 0 Å². The molecule has 0 bridgehead atoms. The predicted molar refractivity (Wildman–Crippen MR) is 54.1 cm³/mol. The van der Waals surface area contributed by atoms with Gasteiger partial charge in [-0.05, 0) is 13.8 Å². The van der Waals surface area contributed by atoms with Crippen molar-refractivity contribution in [1.82, 2.24) is 5.32 Å². The van der Waals surface area contributed by atoms with Crippen molar-refractivity contribution >= 4 is 11.8 Å². The number of nitrogens with two attached hydrogens (primary N) is 1. The van der Waals surface area contributed by atoms with Crippen LogP contribution in [0, 0.1) is 0 Å². The molecular weight excluding hydrogens is 200 g/mol. The van der Waals surface area contributed by atoms with E-state index in [1.807, 2.05) is 0 Å². The minimum Gasteiger partial charge on any atom is -0.370 e. The fraction of sp³-hybridized carbons (Fsp3) is 0.778. The van der Waals surface area contributed by atoms with Gasteiger partial charge in [-0.1, -0.05) is 0 Å². The van der Waals surface area contributed by atoms with E-state index in [4.69, 9.17) is 15.2 Å². The van der Waals surface area contributed by atoms with Crippen LogP contribution >= 0.6 is 0 Å². The quantitative estimate of drug-likeness (QED) is 0.538. The molecule has 2 amide bonds. The van der Waals surface area contributed by atoms with Crippen LogP contribution in [0.2, 0.25) is 0 Å². The maximum absolute atomic E-state index is 11.4. The summed E-state index contributed by atoms with van der Waals surface area (Å²) in [4.78, 5) is 21.7. The first-order chi connectivity index (χ1) is 6.90. The number of nitrogens with one attached hydrogen (secondary N) is 1. The monoisotopic (exact) mass is 218 g/mol. The van der Waals surface area contributed by atoms with E-state index in [1.165, 1.54) is 7.11 Å². The van der Waals surface area contributed by atoms with Crippen molar-refractivity contribution in [2.75, 3.05) is 26.9 Å². The maximum Gasteiger partial charge on any atom is 0.251 e. The number of methoxy groups -OCH3 is 1. The molecule has 3 N–H and O–H groups in total. The van der Waals surface area contributed by atoms with Crippen LogP contribution in [-0.4, -0.2) is 44.3 Å². The molecule has 6 heteroatoms. The second kappa shape index (κ2) is 6.36. The Morgan fingerprint density at radius 2 is 2.00 bits per heavy atom. The summed E-state index contributed by atoms with van der Waals surface area (Å²) >= 11 is 0. The first-order valence-electron chi connectivity index (χ1n) is 4.59. The molecular formula is C9H18N2O4. The second-order valence-corrected chi connectivity index (χ2v) is 3.49. The Balaban J connectivity index is 3.60. The molecule has 0 aromatic heterocycles. The van der Waals surface area contributed by atoms with Gasteiger partial charge in [0.15, 0.2) is 0 Å². The summed E-state index contributed by atoms with van der Waals surface area (Å²) in [5.41, 5.74) is 4.00. The van der Waals surface area contributed by atoms with Crippen molar-refractivity contribution in [2.45, 2.75) is 19.4 Å². The predicted octanol–water partition coefficient (Wildman–Crippen LogP) is -0.970. The number of carbonyl (C=O) groups is 2. The molecule has 0 unspecified atom stereocenters. The van der Waals surface area contributed by atoms with E-state index < -0.39 is 11.5 Å². The average Bonchev–Trinajstić information content (AvgIpc) is 2.16. The van der Waals surface area contributed by atoms with E-state index in [1.54, 1.807) is 13.8 Å². The molecule has 0 aliphatic carbocycles. The summed E-state index contributed by atoms with van der Waals surface area (Å²) in [6, 6.07) is 0. The third-order valence-corrected chi connectivity index (χ3v) is 1.83. The lowest BCUT2D eigenvalue weighted by molar-refractivity contribution is -0.139. The van der Waals surface area contributed by atoms with E-state index in [2.05, 4.69) is 5.32 Å². The van der Waals surface area contributed by atoms with Crippen LogP contribution in [0.4, 0.5) is 0 Å². The molecule has 88 valence electrons. The third-order valence-electron chi connectivity index (χ3n) is 1.83. The Morgan fingerprint density at radius 1 is 1.40 bits per heavy atom. The molecule has 0 aliphatic heterocycles. The maximum atomic E-state index is 11.4. The van der Waals surface area contributed by atoms with Gasteiger partial charge in [0.2, 0.25) is 5.91 Å². The molecule has 0 rings (SSSR count). The SMILES string of the molecule is COC(C)(C)C(=O)NCCOCC(N)=O. The van der Waals surface area contributed by atoms with Crippen molar-refractivity contribution in [2.24, 2.45) is 5.73 Å². The van der Waals surface area contributed by atoms with Gasteiger partial charge in [0.1, 0.15) is 12.2 Å². The Bertz CT molecular complexity index is 228. The highest BCUT2D eigenvalue weighted by Gasteiger charge is 2.26. The molecule has 0 spiro atoms. The highest BCUT2D eigenvalue weighted by atomic mass is 16.5. The van der Waals surface area contributed by atoms with Gasteiger partial charge in [-0.25, -0.2) is 0 Å². The van der Waals surface area contributed by atoms with Gasteiger partial charge in [0, 0.05) is 13.7 Å². The van der Waals surface area contributed by atoms with Crippen LogP contribution in [-0.2, 0) is 19.1 Å². The molecule has 0 fully saturated rings. The number of amides is 2. The summed E-state index contributed by atoms with van der Waals surface area (Å²) in [6.07, 6.45) is 0.